The SMILES string of the molecule is CC(=O)NC1CC(CC(C)(C)C)CN(CCO)C1. The van der Waals surface area contributed by atoms with Crippen molar-refractivity contribution in [3.63, 3.8) is 0 Å². The van der Waals surface area contributed by atoms with Gasteiger partial charge in [-0.2, -0.15) is 0 Å². The lowest BCUT2D eigenvalue weighted by atomic mass is 9.80. The number of rotatable bonds is 4. The fourth-order valence-electron chi connectivity index (χ4n) is 3.03. The average Bonchev–Trinajstić information content (AvgIpc) is 2.12. The van der Waals surface area contributed by atoms with Crippen LogP contribution >= 0.6 is 0 Å². The molecule has 0 spiro atoms. The monoisotopic (exact) mass is 256 g/mol. The standard InChI is InChI=1S/C14H28N2O2/c1-11(18)15-13-7-12(8-14(2,3)4)9-16(10-13)5-6-17/h12-13,17H,5-10H2,1-4H3,(H,15,18). The Balaban J connectivity index is 2.58. The zero-order valence-corrected chi connectivity index (χ0v) is 12.2. The van der Waals surface area contributed by atoms with Gasteiger partial charge < -0.3 is 10.4 Å². The molecule has 0 aliphatic carbocycles. The molecule has 1 saturated heterocycles. The maximum absolute atomic E-state index is 11.2. The van der Waals surface area contributed by atoms with Crippen LogP contribution in [0.2, 0.25) is 0 Å². The van der Waals surface area contributed by atoms with E-state index in [9.17, 15) is 4.79 Å². The van der Waals surface area contributed by atoms with Gasteiger partial charge in [-0.1, -0.05) is 20.8 Å². The van der Waals surface area contributed by atoms with Gasteiger partial charge in [-0.3, -0.25) is 9.69 Å². The minimum absolute atomic E-state index is 0.0420. The molecular formula is C14H28N2O2. The molecule has 0 radical (unpaired) electrons. The van der Waals surface area contributed by atoms with Crippen molar-refractivity contribution < 1.29 is 9.90 Å². The second kappa shape index (κ2) is 6.53. The van der Waals surface area contributed by atoms with Crippen molar-refractivity contribution >= 4 is 5.91 Å². The van der Waals surface area contributed by atoms with Crippen molar-refractivity contribution in [3.8, 4) is 0 Å². The molecule has 1 heterocycles. The lowest BCUT2D eigenvalue weighted by molar-refractivity contribution is -0.120. The molecule has 2 N–H and O–H groups in total. The third kappa shape index (κ3) is 5.83. The zero-order chi connectivity index (χ0) is 13.8. The Morgan fingerprint density at radius 3 is 2.56 bits per heavy atom. The first kappa shape index (κ1) is 15.4. The number of piperidine rings is 1. The van der Waals surface area contributed by atoms with Crippen molar-refractivity contribution in [1.82, 2.24) is 10.2 Å². The smallest absolute Gasteiger partial charge is 0.217 e. The highest BCUT2D eigenvalue weighted by atomic mass is 16.3. The fourth-order valence-corrected chi connectivity index (χ4v) is 3.03. The van der Waals surface area contributed by atoms with Gasteiger partial charge in [-0.05, 0) is 24.2 Å². The van der Waals surface area contributed by atoms with Crippen molar-refractivity contribution in [2.24, 2.45) is 11.3 Å². The van der Waals surface area contributed by atoms with Crippen molar-refractivity contribution in [2.45, 2.75) is 46.6 Å². The Bertz CT molecular complexity index is 273. The average molecular weight is 256 g/mol. The maximum atomic E-state index is 11.2. The molecule has 2 atom stereocenters. The molecule has 0 aromatic rings. The highest BCUT2D eigenvalue weighted by molar-refractivity contribution is 5.73. The van der Waals surface area contributed by atoms with E-state index in [4.69, 9.17) is 5.11 Å². The minimum Gasteiger partial charge on any atom is -0.395 e. The Morgan fingerprint density at radius 1 is 1.39 bits per heavy atom. The number of likely N-dealkylation sites (tertiary alicyclic amines) is 1. The molecule has 1 aliphatic rings. The van der Waals surface area contributed by atoms with Gasteiger partial charge in [-0.25, -0.2) is 0 Å². The lowest BCUT2D eigenvalue weighted by Gasteiger charge is -2.40. The number of carbonyl (C=O) groups excluding carboxylic acids is 1. The van der Waals surface area contributed by atoms with Gasteiger partial charge in [0.2, 0.25) is 5.91 Å². The maximum Gasteiger partial charge on any atom is 0.217 e. The number of amides is 1. The first-order valence-electron chi connectivity index (χ1n) is 6.90. The largest absolute Gasteiger partial charge is 0.395 e. The predicted molar refractivity (Wildman–Crippen MR) is 73.3 cm³/mol. The number of aliphatic hydroxyl groups is 1. The highest BCUT2D eigenvalue weighted by Crippen LogP contribution is 2.30. The van der Waals surface area contributed by atoms with Crippen LogP contribution < -0.4 is 5.32 Å². The number of carbonyl (C=O) groups is 1. The summed E-state index contributed by atoms with van der Waals surface area (Å²) in [6.07, 6.45) is 2.21. The van der Waals surface area contributed by atoms with E-state index in [1.54, 1.807) is 6.92 Å². The molecule has 0 aromatic heterocycles. The van der Waals surface area contributed by atoms with E-state index in [0.29, 0.717) is 17.9 Å². The molecule has 1 fully saturated rings. The molecule has 1 aliphatic heterocycles. The molecule has 4 nitrogen and oxygen atoms in total. The van der Waals surface area contributed by atoms with Gasteiger partial charge in [0.25, 0.3) is 0 Å². The van der Waals surface area contributed by atoms with Crippen LogP contribution in [0.5, 0.6) is 0 Å². The third-order valence-electron chi connectivity index (χ3n) is 3.34. The van der Waals surface area contributed by atoms with Crippen LogP contribution in [0.3, 0.4) is 0 Å². The number of hydrogen-bond acceptors (Lipinski definition) is 3. The molecule has 0 aromatic carbocycles. The van der Waals surface area contributed by atoms with Gasteiger partial charge in [0.15, 0.2) is 0 Å². The van der Waals surface area contributed by atoms with Gasteiger partial charge in [0.1, 0.15) is 0 Å². The summed E-state index contributed by atoms with van der Waals surface area (Å²) in [7, 11) is 0. The molecule has 18 heavy (non-hydrogen) atoms. The summed E-state index contributed by atoms with van der Waals surface area (Å²) >= 11 is 0. The van der Waals surface area contributed by atoms with E-state index < -0.39 is 0 Å². The van der Waals surface area contributed by atoms with Crippen LogP contribution in [0.4, 0.5) is 0 Å². The Kier molecular flexibility index (Phi) is 5.60. The van der Waals surface area contributed by atoms with Gasteiger partial charge in [0.05, 0.1) is 6.61 Å². The number of aliphatic hydroxyl groups excluding tert-OH is 1. The van der Waals surface area contributed by atoms with Crippen molar-refractivity contribution in [1.29, 1.82) is 0 Å². The van der Waals surface area contributed by atoms with Gasteiger partial charge in [-0.15, -0.1) is 0 Å². The molecular weight excluding hydrogens is 228 g/mol. The topological polar surface area (TPSA) is 52.6 Å². The molecule has 106 valence electrons. The normalized spacial score (nSPS) is 26.1. The first-order chi connectivity index (χ1) is 8.30. The predicted octanol–water partition coefficient (Wildman–Crippen LogP) is 1.24. The zero-order valence-electron chi connectivity index (χ0n) is 12.2. The van der Waals surface area contributed by atoms with Crippen molar-refractivity contribution in [2.75, 3.05) is 26.2 Å². The molecule has 1 rings (SSSR count). The highest BCUT2D eigenvalue weighted by Gasteiger charge is 2.29. The van der Waals surface area contributed by atoms with E-state index >= 15 is 0 Å². The van der Waals surface area contributed by atoms with Crippen molar-refractivity contribution in [3.05, 3.63) is 0 Å². The molecule has 1 amide bonds. The minimum atomic E-state index is 0.0420. The van der Waals surface area contributed by atoms with E-state index in [1.807, 2.05) is 0 Å². The number of β-amino-alcohol motifs (C(OH)–C–C–N with tert-alkyl or cyclic N) is 1. The summed E-state index contributed by atoms with van der Waals surface area (Å²) < 4.78 is 0. The molecule has 4 heteroatoms. The molecule has 0 bridgehead atoms. The summed E-state index contributed by atoms with van der Waals surface area (Å²) in [4.78, 5) is 13.5. The Morgan fingerprint density at radius 2 is 2.06 bits per heavy atom. The third-order valence-corrected chi connectivity index (χ3v) is 3.34. The van der Waals surface area contributed by atoms with Crippen LogP contribution in [-0.4, -0.2) is 48.2 Å². The van der Waals surface area contributed by atoms with E-state index in [2.05, 4.69) is 31.0 Å². The summed E-state index contributed by atoms with van der Waals surface area (Å²) in [6, 6.07) is 0.232. The van der Waals surface area contributed by atoms with Crippen LogP contribution in [-0.2, 0) is 4.79 Å². The van der Waals surface area contributed by atoms with Gasteiger partial charge in [0, 0.05) is 32.6 Å². The summed E-state index contributed by atoms with van der Waals surface area (Å²) in [5, 5.41) is 12.1. The first-order valence-corrected chi connectivity index (χ1v) is 6.90. The van der Waals surface area contributed by atoms with Crippen LogP contribution in [0.25, 0.3) is 0 Å². The molecule has 0 saturated carbocycles. The number of nitrogens with zero attached hydrogens (tertiary/aromatic N) is 1. The fraction of sp³-hybridized carbons (Fsp3) is 0.929. The number of hydrogen-bond donors (Lipinski definition) is 2. The van der Waals surface area contributed by atoms with Crippen LogP contribution in [0.1, 0.15) is 40.5 Å². The van der Waals surface area contributed by atoms with E-state index in [1.165, 1.54) is 0 Å². The second-order valence-corrected chi connectivity index (χ2v) is 6.75. The van der Waals surface area contributed by atoms with E-state index in [0.717, 1.165) is 25.9 Å². The molecule has 2 unspecified atom stereocenters. The van der Waals surface area contributed by atoms with E-state index in [-0.39, 0.29) is 18.6 Å². The van der Waals surface area contributed by atoms with Gasteiger partial charge >= 0.3 is 0 Å². The summed E-state index contributed by atoms with van der Waals surface area (Å²) in [6.45, 7) is 11.1. The Labute approximate surface area is 111 Å². The lowest BCUT2D eigenvalue weighted by Crippen LogP contribution is -2.51. The Hall–Kier alpha value is -0.610. The summed E-state index contributed by atoms with van der Waals surface area (Å²) in [5.41, 5.74) is 0.313. The quantitative estimate of drug-likeness (QED) is 0.796. The second-order valence-electron chi connectivity index (χ2n) is 6.75. The summed E-state index contributed by atoms with van der Waals surface area (Å²) in [5.74, 6) is 0.641. The number of nitrogens with one attached hydrogen (secondary N) is 1. The van der Waals surface area contributed by atoms with Crippen LogP contribution in [0.15, 0.2) is 0 Å². The van der Waals surface area contributed by atoms with Crippen LogP contribution in [0, 0.1) is 11.3 Å².